The van der Waals surface area contributed by atoms with E-state index in [0.29, 0.717) is 25.1 Å². The molecule has 1 fully saturated rings. The lowest BCUT2D eigenvalue weighted by molar-refractivity contribution is -0.120. The summed E-state index contributed by atoms with van der Waals surface area (Å²) in [4.78, 5) is 12.6. The van der Waals surface area contributed by atoms with Gasteiger partial charge in [-0.05, 0) is 51.0 Å². The van der Waals surface area contributed by atoms with Gasteiger partial charge in [0.1, 0.15) is 0 Å². The van der Waals surface area contributed by atoms with E-state index in [1.165, 1.54) is 10.6 Å². The first kappa shape index (κ1) is 18.6. The summed E-state index contributed by atoms with van der Waals surface area (Å²) in [5.41, 5.74) is 3.49. The highest BCUT2D eigenvalue weighted by Crippen LogP contribution is 2.22. The Labute approximate surface area is 154 Å². The quantitative estimate of drug-likeness (QED) is 0.886. The normalized spacial score (nSPS) is 18.7. The Hall–Kier alpha value is -2.19. The molecule has 1 aliphatic heterocycles. The molecule has 7 nitrogen and oxygen atoms in total. The molecular formula is C18H24N4O3S. The van der Waals surface area contributed by atoms with Crippen LogP contribution in [0.4, 0.5) is 5.69 Å². The van der Waals surface area contributed by atoms with Crippen LogP contribution in [-0.4, -0.2) is 47.8 Å². The first-order valence-electron chi connectivity index (χ1n) is 8.64. The van der Waals surface area contributed by atoms with E-state index in [4.69, 9.17) is 0 Å². The number of rotatable bonds is 4. The molecule has 1 amide bonds. The molecule has 1 unspecified atom stereocenters. The van der Waals surface area contributed by atoms with Gasteiger partial charge < -0.3 is 5.32 Å². The Bertz CT molecular complexity index is 920. The number of sulfonamides is 1. The summed E-state index contributed by atoms with van der Waals surface area (Å²) in [5.74, 6) is -0.486. The summed E-state index contributed by atoms with van der Waals surface area (Å²) in [6.45, 7) is 4.64. The average molecular weight is 376 g/mol. The number of hydrogen-bond acceptors (Lipinski definition) is 4. The zero-order valence-corrected chi connectivity index (χ0v) is 16.1. The predicted octanol–water partition coefficient (Wildman–Crippen LogP) is 2.10. The third-order valence-corrected chi connectivity index (χ3v) is 5.86. The van der Waals surface area contributed by atoms with Crippen LogP contribution in [0.1, 0.15) is 24.2 Å². The zero-order chi connectivity index (χ0) is 18.9. The number of carbonyl (C=O) groups is 1. The van der Waals surface area contributed by atoms with Crippen LogP contribution in [0.3, 0.4) is 0 Å². The molecule has 0 saturated carbocycles. The molecule has 0 aliphatic carbocycles. The molecule has 1 aliphatic rings. The van der Waals surface area contributed by atoms with Crippen LogP contribution < -0.4 is 5.32 Å². The fourth-order valence-corrected chi connectivity index (χ4v) is 4.22. The molecule has 140 valence electrons. The molecule has 0 spiro atoms. The van der Waals surface area contributed by atoms with Gasteiger partial charge in [-0.3, -0.25) is 4.79 Å². The summed E-state index contributed by atoms with van der Waals surface area (Å²) in [6, 6.07) is 9.48. The van der Waals surface area contributed by atoms with Crippen LogP contribution in [0.2, 0.25) is 0 Å². The van der Waals surface area contributed by atoms with Crippen molar-refractivity contribution in [2.45, 2.75) is 26.7 Å². The van der Waals surface area contributed by atoms with Crippen molar-refractivity contribution in [3.8, 4) is 5.69 Å². The Morgan fingerprint density at radius 3 is 2.69 bits per heavy atom. The van der Waals surface area contributed by atoms with E-state index in [0.717, 1.165) is 17.1 Å². The maximum atomic E-state index is 12.6. The Balaban J connectivity index is 1.74. The van der Waals surface area contributed by atoms with Crippen LogP contribution in [0.25, 0.3) is 5.69 Å². The van der Waals surface area contributed by atoms with Gasteiger partial charge in [-0.15, -0.1) is 0 Å². The van der Waals surface area contributed by atoms with Gasteiger partial charge in [-0.2, -0.15) is 5.10 Å². The second-order valence-electron chi connectivity index (χ2n) is 6.84. The molecule has 2 heterocycles. The largest absolute Gasteiger partial charge is 0.326 e. The van der Waals surface area contributed by atoms with Crippen LogP contribution in [-0.2, 0) is 14.8 Å². The highest BCUT2D eigenvalue weighted by molar-refractivity contribution is 7.88. The molecule has 1 N–H and O–H groups in total. The topological polar surface area (TPSA) is 84.3 Å². The van der Waals surface area contributed by atoms with E-state index in [-0.39, 0.29) is 18.4 Å². The molecule has 8 heteroatoms. The average Bonchev–Trinajstić information content (AvgIpc) is 2.93. The van der Waals surface area contributed by atoms with Gasteiger partial charge in [0.15, 0.2) is 0 Å². The third-order valence-electron chi connectivity index (χ3n) is 4.59. The molecule has 1 atom stereocenters. The lowest BCUT2D eigenvalue weighted by Gasteiger charge is -2.30. The van der Waals surface area contributed by atoms with Crippen molar-refractivity contribution in [3.63, 3.8) is 0 Å². The van der Waals surface area contributed by atoms with Crippen molar-refractivity contribution < 1.29 is 13.2 Å². The van der Waals surface area contributed by atoms with E-state index in [2.05, 4.69) is 10.4 Å². The molecule has 1 aromatic heterocycles. The van der Waals surface area contributed by atoms with Gasteiger partial charge >= 0.3 is 0 Å². The van der Waals surface area contributed by atoms with Crippen LogP contribution in [0.15, 0.2) is 30.3 Å². The standard InChI is InChI=1S/C18H24N4O3S/c1-13-10-14(2)22(20-13)17-8-4-7-16(11-17)19-18(23)15-6-5-9-21(12-15)26(3,24)25/h4,7-8,10-11,15H,5-6,9,12H2,1-3H3,(H,19,23). The summed E-state index contributed by atoms with van der Waals surface area (Å²) in [7, 11) is -3.27. The van der Waals surface area contributed by atoms with E-state index in [1.807, 2.05) is 48.9 Å². The van der Waals surface area contributed by atoms with E-state index in [1.54, 1.807) is 0 Å². The smallest absolute Gasteiger partial charge is 0.228 e. The zero-order valence-electron chi connectivity index (χ0n) is 15.3. The number of benzene rings is 1. The molecule has 26 heavy (non-hydrogen) atoms. The number of carbonyl (C=O) groups excluding carboxylic acids is 1. The SMILES string of the molecule is Cc1cc(C)n(-c2cccc(NC(=O)C3CCCN(S(C)(=O)=O)C3)c2)n1. The van der Waals surface area contributed by atoms with Crippen molar-refractivity contribution in [2.75, 3.05) is 24.7 Å². The summed E-state index contributed by atoms with van der Waals surface area (Å²) >= 11 is 0. The number of aromatic nitrogens is 2. The van der Waals surface area contributed by atoms with Crippen LogP contribution in [0, 0.1) is 19.8 Å². The Morgan fingerprint density at radius 2 is 2.04 bits per heavy atom. The van der Waals surface area contributed by atoms with Gasteiger partial charge in [0, 0.05) is 24.5 Å². The third kappa shape index (κ3) is 4.13. The van der Waals surface area contributed by atoms with E-state index >= 15 is 0 Å². The van der Waals surface area contributed by atoms with Crippen LogP contribution >= 0.6 is 0 Å². The monoisotopic (exact) mass is 376 g/mol. The lowest BCUT2D eigenvalue weighted by atomic mass is 9.98. The van der Waals surface area contributed by atoms with Crippen molar-refractivity contribution >= 4 is 21.6 Å². The second-order valence-corrected chi connectivity index (χ2v) is 8.82. The molecular weight excluding hydrogens is 352 g/mol. The van der Waals surface area contributed by atoms with Gasteiger partial charge in [-0.25, -0.2) is 17.4 Å². The van der Waals surface area contributed by atoms with E-state index in [9.17, 15) is 13.2 Å². The number of hydrogen-bond donors (Lipinski definition) is 1. The lowest BCUT2D eigenvalue weighted by Crippen LogP contribution is -2.43. The minimum absolute atomic E-state index is 0.149. The molecule has 0 bridgehead atoms. The number of piperidine rings is 1. The Kier molecular flexibility index (Phi) is 5.15. The van der Waals surface area contributed by atoms with Crippen molar-refractivity contribution in [3.05, 3.63) is 41.7 Å². The maximum absolute atomic E-state index is 12.6. The molecule has 3 rings (SSSR count). The van der Waals surface area contributed by atoms with Gasteiger partial charge in [0.05, 0.1) is 23.6 Å². The number of nitrogens with one attached hydrogen (secondary N) is 1. The maximum Gasteiger partial charge on any atom is 0.228 e. The minimum Gasteiger partial charge on any atom is -0.326 e. The molecule has 1 aromatic carbocycles. The van der Waals surface area contributed by atoms with Crippen molar-refractivity contribution in [1.82, 2.24) is 14.1 Å². The molecule has 2 aromatic rings. The molecule has 0 radical (unpaired) electrons. The van der Waals surface area contributed by atoms with Crippen molar-refractivity contribution in [2.24, 2.45) is 5.92 Å². The Morgan fingerprint density at radius 1 is 1.27 bits per heavy atom. The predicted molar refractivity (Wildman–Crippen MR) is 101 cm³/mol. The minimum atomic E-state index is -3.27. The second kappa shape index (κ2) is 7.20. The molecule has 1 saturated heterocycles. The highest BCUT2D eigenvalue weighted by atomic mass is 32.2. The first-order chi connectivity index (χ1) is 12.2. The number of amides is 1. The van der Waals surface area contributed by atoms with E-state index < -0.39 is 10.0 Å². The fourth-order valence-electron chi connectivity index (χ4n) is 3.31. The van der Waals surface area contributed by atoms with Crippen LogP contribution in [0.5, 0.6) is 0 Å². The summed E-state index contributed by atoms with van der Waals surface area (Å²) in [6.07, 6.45) is 2.57. The fraction of sp³-hybridized carbons (Fsp3) is 0.444. The van der Waals surface area contributed by atoms with Crippen molar-refractivity contribution in [1.29, 1.82) is 0 Å². The number of aryl methyl sites for hydroxylation is 2. The first-order valence-corrected chi connectivity index (χ1v) is 10.5. The highest BCUT2D eigenvalue weighted by Gasteiger charge is 2.30. The number of nitrogens with zero attached hydrogens (tertiary/aromatic N) is 3. The number of anilines is 1. The summed E-state index contributed by atoms with van der Waals surface area (Å²) in [5, 5.41) is 7.38. The van der Waals surface area contributed by atoms with Gasteiger partial charge in [0.2, 0.25) is 15.9 Å². The van der Waals surface area contributed by atoms with Gasteiger partial charge in [0.25, 0.3) is 0 Å². The van der Waals surface area contributed by atoms with Gasteiger partial charge in [-0.1, -0.05) is 6.07 Å². The summed E-state index contributed by atoms with van der Waals surface area (Å²) < 4.78 is 26.7.